The molecule has 1 N–H and O–H groups in total. The maximum Gasteiger partial charge on any atom is 0.329 e. The Balaban J connectivity index is 1.71. The van der Waals surface area contributed by atoms with E-state index < -0.39 is 36.3 Å². The average molecular weight is 522 g/mol. The minimum Gasteiger partial charge on any atom is -0.454 e. The smallest absolute Gasteiger partial charge is 0.329 e. The molecule has 1 heterocycles. The van der Waals surface area contributed by atoms with Crippen LogP contribution in [0.5, 0.6) is 0 Å². The van der Waals surface area contributed by atoms with Gasteiger partial charge in [-0.1, -0.05) is 37.6 Å². The minimum absolute atomic E-state index is 0.00162. The molecule has 3 amide bonds. The topological polar surface area (TPSA) is 92.8 Å². The number of halogens is 2. The van der Waals surface area contributed by atoms with Crippen LogP contribution in [0.15, 0.2) is 40.9 Å². The molecule has 32 heavy (non-hydrogen) atoms. The minimum atomic E-state index is -1.13. The van der Waals surface area contributed by atoms with Gasteiger partial charge < -0.3 is 10.1 Å². The SMILES string of the molecule is Cc1cc(Br)c(Cl)cc1NC(=O)COC(=O)[C@H](CC(C)C)N1C(=O)c2ccccc2C1=O. The number of hydrogen-bond donors (Lipinski definition) is 1. The summed E-state index contributed by atoms with van der Waals surface area (Å²) in [6.07, 6.45) is 0.216. The second-order valence-corrected chi connectivity index (χ2v) is 9.17. The van der Waals surface area contributed by atoms with Gasteiger partial charge in [0.15, 0.2) is 6.61 Å². The zero-order chi connectivity index (χ0) is 23.6. The predicted octanol–water partition coefficient (Wildman–Crippen LogP) is 4.60. The van der Waals surface area contributed by atoms with E-state index in [1.165, 1.54) is 0 Å². The van der Waals surface area contributed by atoms with Gasteiger partial charge in [0.2, 0.25) is 0 Å². The molecule has 2 aromatic carbocycles. The maximum atomic E-state index is 12.9. The van der Waals surface area contributed by atoms with E-state index in [-0.39, 0.29) is 23.5 Å². The number of amides is 3. The first-order chi connectivity index (χ1) is 15.1. The number of benzene rings is 2. The van der Waals surface area contributed by atoms with E-state index in [9.17, 15) is 19.2 Å². The fourth-order valence-corrected chi connectivity index (χ4v) is 4.07. The van der Waals surface area contributed by atoms with Crippen LogP contribution in [0.25, 0.3) is 0 Å². The molecule has 0 radical (unpaired) electrons. The number of nitrogens with one attached hydrogen (secondary N) is 1. The van der Waals surface area contributed by atoms with E-state index in [4.69, 9.17) is 16.3 Å². The van der Waals surface area contributed by atoms with Crippen LogP contribution < -0.4 is 5.32 Å². The summed E-state index contributed by atoms with van der Waals surface area (Å²) in [4.78, 5) is 51.8. The first-order valence-electron chi connectivity index (χ1n) is 9.99. The Morgan fingerprint density at radius 2 is 1.72 bits per heavy atom. The number of aryl methyl sites for hydroxylation is 1. The number of carbonyl (C=O) groups is 4. The molecule has 0 saturated carbocycles. The van der Waals surface area contributed by atoms with Gasteiger partial charge in [-0.05, 0) is 65.0 Å². The van der Waals surface area contributed by atoms with Crippen LogP contribution in [-0.4, -0.2) is 41.2 Å². The van der Waals surface area contributed by atoms with Gasteiger partial charge in [0.05, 0.1) is 16.1 Å². The number of carbonyl (C=O) groups excluding carboxylic acids is 4. The highest BCUT2D eigenvalue weighted by molar-refractivity contribution is 9.10. The number of fused-ring (bicyclic) bond motifs is 1. The van der Waals surface area contributed by atoms with Crippen molar-refractivity contribution in [3.8, 4) is 0 Å². The average Bonchev–Trinajstić information content (AvgIpc) is 2.99. The highest BCUT2D eigenvalue weighted by Gasteiger charge is 2.43. The second kappa shape index (κ2) is 9.83. The molecule has 0 spiro atoms. The lowest BCUT2D eigenvalue weighted by Crippen LogP contribution is -2.46. The molecule has 0 aromatic heterocycles. The van der Waals surface area contributed by atoms with E-state index in [2.05, 4.69) is 21.2 Å². The van der Waals surface area contributed by atoms with E-state index in [0.29, 0.717) is 15.2 Å². The predicted molar refractivity (Wildman–Crippen MR) is 124 cm³/mol. The van der Waals surface area contributed by atoms with Crippen molar-refractivity contribution in [1.82, 2.24) is 4.90 Å². The summed E-state index contributed by atoms with van der Waals surface area (Å²) in [7, 11) is 0. The Morgan fingerprint density at radius 3 is 2.28 bits per heavy atom. The largest absolute Gasteiger partial charge is 0.454 e. The summed E-state index contributed by atoms with van der Waals surface area (Å²) < 4.78 is 5.89. The summed E-state index contributed by atoms with van der Waals surface area (Å²) in [5.74, 6) is -2.46. The molecule has 1 atom stereocenters. The van der Waals surface area contributed by atoms with Crippen molar-refractivity contribution in [3.63, 3.8) is 0 Å². The third-order valence-electron chi connectivity index (χ3n) is 4.99. The molecule has 0 aliphatic carbocycles. The van der Waals surface area contributed by atoms with Crippen LogP contribution in [-0.2, 0) is 14.3 Å². The van der Waals surface area contributed by atoms with Crippen LogP contribution in [0.1, 0.15) is 46.5 Å². The third-order valence-corrected chi connectivity index (χ3v) is 6.19. The number of nitrogens with zero attached hydrogens (tertiary/aromatic N) is 1. The van der Waals surface area contributed by atoms with Gasteiger partial charge in [-0.3, -0.25) is 19.3 Å². The van der Waals surface area contributed by atoms with Gasteiger partial charge in [0, 0.05) is 10.2 Å². The molecule has 7 nitrogen and oxygen atoms in total. The van der Waals surface area contributed by atoms with Crippen molar-refractivity contribution in [2.24, 2.45) is 5.92 Å². The van der Waals surface area contributed by atoms with Crippen LogP contribution in [0.3, 0.4) is 0 Å². The molecular weight excluding hydrogens is 500 g/mol. The molecule has 1 aliphatic rings. The molecular formula is C23H22BrClN2O5. The lowest BCUT2D eigenvalue weighted by molar-refractivity contribution is -0.151. The van der Waals surface area contributed by atoms with Crippen molar-refractivity contribution in [1.29, 1.82) is 0 Å². The van der Waals surface area contributed by atoms with Crippen LogP contribution in [0, 0.1) is 12.8 Å². The van der Waals surface area contributed by atoms with E-state index in [1.54, 1.807) is 43.3 Å². The zero-order valence-corrected chi connectivity index (χ0v) is 20.1. The Morgan fingerprint density at radius 1 is 1.12 bits per heavy atom. The van der Waals surface area contributed by atoms with Crippen molar-refractivity contribution in [2.75, 3.05) is 11.9 Å². The number of rotatable bonds is 7. The first-order valence-corrected chi connectivity index (χ1v) is 11.2. The monoisotopic (exact) mass is 520 g/mol. The molecule has 3 rings (SSSR count). The number of imide groups is 1. The van der Waals surface area contributed by atoms with Crippen LogP contribution in [0.2, 0.25) is 5.02 Å². The lowest BCUT2D eigenvalue weighted by atomic mass is 10.0. The second-order valence-electron chi connectivity index (χ2n) is 7.91. The fraction of sp³-hybridized carbons (Fsp3) is 0.304. The molecule has 2 aromatic rings. The zero-order valence-electron chi connectivity index (χ0n) is 17.8. The first kappa shape index (κ1) is 23.9. The van der Waals surface area contributed by atoms with Crippen molar-refractivity contribution >= 4 is 56.9 Å². The molecule has 0 bridgehead atoms. The summed E-state index contributed by atoms with van der Waals surface area (Å²) in [6.45, 7) is 4.96. The number of anilines is 1. The third kappa shape index (κ3) is 5.02. The van der Waals surface area contributed by atoms with Gasteiger partial charge in [0.25, 0.3) is 17.7 Å². The highest BCUT2D eigenvalue weighted by atomic mass is 79.9. The van der Waals surface area contributed by atoms with Crippen LogP contribution >= 0.6 is 27.5 Å². The molecule has 168 valence electrons. The fourth-order valence-electron chi connectivity index (χ4n) is 3.44. The number of hydrogen-bond acceptors (Lipinski definition) is 5. The summed E-state index contributed by atoms with van der Waals surface area (Å²) in [5, 5.41) is 3.07. The molecule has 0 saturated heterocycles. The lowest BCUT2D eigenvalue weighted by Gasteiger charge is -2.25. The molecule has 1 aliphatic heterocycles. The van der Waals surface area contributed by atoms with E-state index in [1.807, 2.05) is 13.8 Å². The van der Waals surface area contributed by atoms with Gasteiger partial charge in [0.1, 0.15) is 6.04 Å². The van der Waals surface area contributed by atoms with Gasteiger partial charge >= 0.3 is 5.97 Å². The Bertz CT molecular complexity index is 1070. The Hall–Kier alpha value is -2.71. The number of ether oxygens (including phenoxy) is 1. The standard InChI is InChI=1S/C23H22BrClN2O5/c1-12(2)8-19(27-21(29)14-6-4-5-7-15(14)22(27)30)23(31)32-11-20(28)26-18-10-17(25)16(24)9-13(18)3/h4-7,9-10,12,19H,8,11H2,1-3H3,(H,26,28)/t19-/m0/s1. The van der Waals surface area contributed by atoms with E-state index in [0.717, 1.165) is 10.5 Å². The van der Waals surface area contributed by atoms with Gasteiger partial charge in [-0.25, -0.2) is 4.79 Å². The molecule has 0 fully saturated rings. The van der Waals surface area contributed by atoms with Crippen molar-refractivity contribution in [3.05, 3.63) is 62.6 Å². The number of esters is 1. The Kier molecular flexibility index (Phi) is 7.36. The van der Waals surface area contributed by atoms with E-state index >= 15 is 0 Å². The molecule has 0 unspecified atom stereocenters. The summed E-state index contributed by atoms with van der Waals surface area (Å²) in [5.41, 5.74) is 1.75. The quantitative estimate of drug-likeness (QED) is 0.424. The van der Waals surface area contributed by atoms with Gasteiger partial charge in [-0.2, -0.15) is 0 Å². The maximum absolute atomic E-state index is 12.9. The normalized spacial score (nSPS) is 13.9. The highest BCUT2D eigenvalue weighted by Crippen LogP contribution is 2.29. The van der Waals surface area contributed by atoms with Crippen LogP contribution in [0.4, 0.5) is 5.69 Å². The molecule has 9 heteroatoms. The Labute approximate surface area is 199 Å². The summed E-state index contributed by atoms with van der Waals surface area (Å²) >= 11 is 9.38. The summed E-state index contributed by atoms with van der Waals surface area (Å²) in [6, 6.07) is 8.62. The van der Waals surface area contributed by atoms with Gasteiger partial charge in [-0.15, -0.1) is 0 Å². The van der Waals surface area contributed by atoms with Crippen molar-refractivity contribution in [2.45, 2.75) is 33.2 Å². The van der Waals surface area contributed by atoms with Crippen molar-refractivity contribution < 1.29 is 23.9 Å².